The van der Waals surface area contributed by atoms with Crippen molar-refractivity contribution in [1.82, 2.24) is 9.80 Å². The average molecular weight is 334 g/mol. The number of carbonyl (C=O) groups is 2. The number of ether oxygens (including phenoxy) is 2. The fraction of sp³-hybridized carbons (Fsp3) is 0.556. The first kappa shape index (κ1) is 18.1. The van der Waals surface area contributed by atoms with Gasteiger partial charge >= 0.3 is 0 Å². The summed E-state index contributed by atoms with van der Waals surface area (Å²) >= 11 is 0. The third-order valence-corrected chi connectivity index (χ3v) is 3.99. The summed E-state index contributed by atoms with van der Waals surface area (Å²) in [5, 5.41) is 0. The smallest absolute Gasteiger partial charge is 0.260 e. The van der Waals surface area contributed by atoms with Gasteiger partial charge in [0.1, 0.15) is 0 Å². The number of nitrogens with zero attached hydrogens (tertiary/aromatic N) is 2. The summed E-state index contributed by atoms with van der Waals surface area (Å²) in [6, 6.07) is 7.25. The molecule has 1 aromatic carbocycles. The second-order valence-corrected chi connectivity index (χ2v) is 6.30. The van der Waals surface area contributed by atoms with Gasteiger partial charge in [-0.15, -0.1) is 0 Å². The van der Waals surface area contributed by atoms with E-state index in [0.29, 0.717) is 50.0 Å². The van der Waals surface area contributed by atoms with Crippen molar-refractivity contribution in [1.29, 1.82) is 0 Å². The fourth-order valence-electron chi connectivity index (χ4n) is 2.65. The normalized spacial score (nSPS) is 14.7. The molecule has 0 radical (unpaired) electrons. The fourth-order valence-corrected chi connectivity index (χ4v) is 2.65. The van der Waals surface area contributed by atoms with Crippen molar-refractivity contribution >= 4 is 11.8 Å². The molecule has 1 aliphatic rings. The molecular formula is C18H26N2O4. The lowest BCUT2D eigenvalue weighted by molar-refractivity contribution is -0.141. The predicted octanol–water partition coefficient (Wildman–Crippen LogP) is 1.79. The van der Waals surface area contributed by atoms with Crippen LogP contribution in [-0.4, -0.2) is 61.5 Å². The Hall–Kier alpha value is -2.24. The van der Waals surface area contributed by atoms with Crippen LogP contribution in [0.15, 0.2) is 24.3 Å². The van der Waals surface area contributed by atoms with Crippen LogP contribution in [0, 0.1) is 5.92 Å². The highest BCUT2D eigenvalue weighted by molar-refractivity contribution is 5.79. The Labute approximate surface area is 143 Å². The Morgan fingerprint density at radius 2 is 1.54 bits per heavy atom. The van der Waals surface area contributed by atoms with E-state index in [2.05, 4.69) is 0 Å². The number of benzene rings is 1. The zero-order chi connectivity index (χ0) is 17.5. The summed E-state index contributed by atoms with van der Waals surface area (Å²) in [4.78, 5) is 27.9. The van der Waals surface area contributed by atoms with Gasteiger partial charge in [0, 0.05) is 32.6 Å². The lowest BCUT2D eigenvalue weighted by atomic mass is 10.1. The monoisotopic (exact) mass is 334 g/mol. The van der Waals surface area contributed by atoms with E-state index in [1.165, 1.54) is 0 Å². The first-order valence-corrected chi connectivity index (χ1v) is 8.32. The molecule has 0 bridgehead atoms. The van der Waals surface area contributed by atoms with Crippen LogP contribution in [0.3, 0.4) is 0 Å². The summed E-state index contributed by atoms with van der Waals surface area (Å²) in [6.45, 7) is 6.33. The molecule has 2 rings (SSSR count). The number of hydrogen-bond donors (Lipinski definition) is 0. The van der Waals surface area contributed by atoms with Crippen molar-refractivity contribution in [2.75, 3.05) is 39.9 Å². The number of amides is 2. The number of methoxy groups -OCH3 is 1. The molecular weight excluding hydrogens is 308 g/mol. The average Bonchev–Trinajstić information content (AvgIpc) is 2.59. The van der Waals surface area contributed by atoms with E-state index in [-0.39, 0.29) is 18.4 Å². The first-order chi connectivity index (χ1) is 11.5. The van der Waals surface area contributed by atoms with E-state index in [9.17, 15) is 9.59 Å². The molecule has 132 valence electrons. The van der Waals surface area contributed by atoms with Crippen LogP contribution < -0.4 is 9.47 Å². The minimum Gasteiger partial charge on any atom is -0.493 e. The molecule has 6 heteroatoms. The maximum absolute atomic E-state index is 12.3. The summed E-state index contributed by atoms with van der Waals surface area (Å²) in [6.07, 6.45) is 0.560. The van der Waals surface area contributed by atoms with Gasteiger partial charge < -0.3 is 19.3 Å². The van der Waals surface area contributed by atoms with Crippen LogP contribution in [-0.2, 0) is 9.59 Å². The summed E-state index contributed by atoms with van der Waals surface area (Å²) < 4.78 is 10.8. The van der Waals surface area contributed by atoms with E-state index < -0.39 is 0 Å². The van der Waals surface area contributed by atoms with Crippen molar-refractivity contribution in [3.05, 3.63) is 24.3 Å². The largest absolute Gasteiger partial charge is 0.493 e. The van der Waals surface area contributed by atoms with Gasteiger partial charge in [-0.05, 0) is 18.1 Å². The standard InChI is InChI=1S/C18H26N2O4/c1-14(2)12-17(21)19-8-10-20(11-9-19)18(22)13-24-16-7-5-4-6-15(16)23-3/h4-7,14H,8-13H2,1-3H3. The van der Waals surface area contributed by atoms with Crippen molar-refractivity contribution in [3.8, 4) is 11.5 Å². The summed E-state index contributed by atoms with van der Waals surface area (Å²) in [7, 11) is 1.57. The van der Waals surface area contributed by atoms with Crippen molar-refractivity contribution < 1.29 is 19.1 Å². The maximum Gasteiger partial charge on any atom is 0.260 e. The van der Waals surface area contributed by atoms with Gasteiger partial charge in [-0.25, -0.2) is 0 Å². The van der Waals surface area contributed by atoms with Gasteiger partial charge in [0.2, 0.25) is 5.91 Å². The van der Waals surface area contributed by atoms with Crippen molar-refractivity contribution in [3.63, 3.8) is 0 Å². The number of para-hydroxylation sites is 2. The molecule has 0 aliphatic carbocycles. The molecule has 0 N–H and O–H groups in total. The van der Waals surface area contributed by atoms with E-state index in [1.54, 1.807) is 24.1 Å². The number of rotatable bonds is 6. The molecule has 1 aliphatic heterocycles. The van der Waals surface area contributed by atoms with Gasteiger partial charge in [-0.1, -0.05) is 26.0 Å². The lowest BCUT2D eigenvalue weighted by Crippen LogP contribution is -2.51. The van der Waals surface area contributed by atoms with Crippen LogP contribution in [0.5, 0.6) is 11.5 Å². The third kappa shape index (κ3) is 4.88. The predicted molar refractivity (Wildman–Crippen MR) is 91.1 cm³/mol. The zero-order valence-corrected chi connectivity index (χ0v) is 14.7. The first-order valence-electron chi connectivity index (χ1n) is 8.32. The molecule has 0 atom stereocenters. The second kappa shape index (κ2) is 8.57. The van der Waals surface area contributed by atoms with Gasteiger partial charge in [-0.2, -0.15) is 0 Å². The Morgan fingerprint density at radius 1 is 1.00 bits per heavy atom. The Kier molecular flexibility index (Phi) is 6.46. The van der Waals surface area contributed by atoms with E-state index in [4.69, 9.17) is 9.47 Å². The van der Waals surface area contributed by atoms with E-state index in [1.807, 2.05) is 30.9 Å². The van der Waals surface area contributed by atoms with Crippen molar-refractivity contribution in [2.45, 2.75) is 20.3 Å². The third-order valence-electron chi connectivity index (χ3n) is 3.99. The Morgan fingerprint density at radius 3 is 2.08 bits per heavy atom. The quantitative estimate of drug-likeness (QED) is 0.796. The van der Waals surface area contributed by atoms with E-state index >= 15 is 0 Å². The molecule has 1 aromatic rings. The minimum absolute atomic E-state index is 0.0275. The van der Waals surface area contributed by atoms with Gasteiger partial charge in [0.25, 0.3) is 5.91 Å². The van der Waals surface area contributed by atoms with Crippen LogP contribution in [0.1, 0.15) is 20.3 Å². The zero-order valence-electron chi connectivity index (χ0n) is 14.7. The van der Waals surface area contributed by atoms with Gasteiger partial charge in [-0.3, -0.25) is 9.59 Å². The molecule has 2 amide bonds. The molecule has 0 spiro atoms. The highest BCUT2D eigenvalue weighted by Gasteiger charge is 2.24. The molecule has 0 aromatic heterocycles. The number of piperazine rings is 1. The minimum atomic E-state index is -0.0723. The van der Waals surface area contributed by atoms with Crippen molar-refractivity contribution in [2.24, 2.45) is 5.92 Å². The molecule has 24 heavy (non-hydrogen) atoms. The topological polar surface area (TPSA) is 59.1 Å². The highest BCUT2D eigenvalue weighted by atomic mass is 16.5. The molecule has 1 fully saturated rings. The van der Waals surface area contributed by atoms with E-state index in [0.717, 1.165) is 0 Å². The SMILES string of the molecule is COc1ccccc1OCC(=O)N1CCN(C(=O)CC(C)C)CC1. The molecule has 1 saturated heterocycles. The molecule has 0 saturated carbocycles. The molecule has 6 nitrogen and oxygen atoms in total. The second-order valence-electron chi connectivity index (χ2n) is 6.30. The summed E-state index contributed by atoms with van der Waals surface area (Å²) in [5.74, 6) is 1.61. The van der Waals surface area contributed by atoms with Crippen LogP contribution >= 0.6 is 0 Å². The maximum atomic E-state index is 12.3. The molecule has 0 unspecified atom stereocenters. The number of carbonyl (C=O) groups excluding carboxylic acids is 2. The highest BCUT2D eigenvalue weighted by Crippen LogP contribution is 2.25. The lowest BCUT2D eigenvalue weighted by Gasteiger charge is -2.35. The summed E-state index contributed by atoms with van der Waals surface area (Å²) in [5.41, 5.74) is 0. The van der Waals surface area contributed by atoms with Crippen LogP contribution in [0.25, 0.3) is 0 Å². The van der Waals surface area contributed by atoms with Crippen LogP contribution in [0.2, 0.25) is 0 Å². The Balaban J connectivity index is 1.79. The number of hydrogen-bond acceptors (Lipinski definition) is 4. The van der Waals surface area contributed by atoms with Gasteiger partial charge in [0.15, 0.2) is 18.1 Å². The van der Waals surface area contributed by atoms with Crippen LogP contribution in [0.4, 0.5) is 0 Å². The van der Waals surface area contributed by atoms with Gasteiger partial charge in [0.05, 0.1) is 7.11 Å². The molecule has 1 heterocycles. The Bertz CT molecular complexity index is 566.